The number of nitrogens with one attached hydrogen (secondary N) is 2. The standard InChI is InChI=1S/C17H19N7S/c1-12-9-15(22-21-12)20-17-11-23(10-16-19-7-8-24(16)17)25-14-5-3-13(18-2)4-6-14/h3-9,18H,10-11H2,1-2H3,(H,21,22). The van der Waals surface area contributed by atoms with Gasteiger partial charge < -0.3 is 5.32 Å². The van der Waals surface area contributed by atoms with E-state index < -0.39 is 0 Å². The topological polar surface area (TPSA) is 74.1 Å². The lowest BCUT2D eigenvalue weighted by atomic mass is 10.3. The number of fused-ring (bicyclic) bond motifs is 1. The normalized spacial score (nSPS) is 16.2. The van der Waals surface area contributed by atoms with Gasteiger partial charge in [0.05, 0.1) is 13.1 Å². The van der Waals surface area contributed by atoms with E-state index >= 15 is 0 Å². The molecule has 128 valence electrons. The molecule has 2 N–H and O–H groups in total. The summed E-state index contributed by atoms with van der Waals surface area (Å²) in [5, 5.41) is 10.3. The molecule has 8 heteroatoms. The maximum absolute atomic E-state index is 4.70. The molecule has 7 nitrogen and oxygen atoms in total. The van der Waals surface area contributed by atoms with Gasteiger partial charge in [-0.25, -0.2) is 14.3 Å². The monoisotopic (exact) mass is 353 g/mol. The van der Waals surface area contributed by atoms with Crippen molar-refractivity contribution in [3.63, 3.8) is 0 Å². The number of aryl methyl sites for hydroxylation is 1. The molecule has 0 amide bonds. The van der Waals surface area contributed by atoms with Crippen LogP contribution in [0, 0.1) is 6.92 Å². The van der Waals surface area contributed by atoms with Crippen molar-refractivity contribution in [2.24, 2.45) is 4.99 Å². The molecule has 0 spiro atoms. The number of hydrogen-bond acceptors (Lipinski definition) is 6. The number of hydrogen-bond donors (Lipinski definition) is 2. The van der Waals surface area contributed by atoms with Crippen LogP contribution in [0.2, 0.25) is 0 Å². The van der Waals surface area contributed by atoms with Crippen LogP contribution in [0.25, 0.3) is 0 Å². The summed E-state index contributed by atoms with van der Waals surface area (Å²) in [4.78, 5) is 10.4. The molecule has 0 bridgehead atoms. The zero-order chi connectivity index (χ0) is 17.2. The van der Waals surface area contributed by atoms with E-state index in [1.165, 1.54) is 4.90 Å². The molecule has 1 aliphatic heterocycles. The molecule has 3 aromatic rings. The van der Waals surface area contributed by atoms with Gasteiger partial charge in [0.25, 0.3) is 0 Å². The highest BCUT2D eigenvalue weighted by Gasteiger charge is 2.23. The predicted octanol–water partition coefficient (Wildman–Crippen LogP) is 3.06. The predicted molar refractivity (Wildman–Crippen MR) is 100 cm³/mol. The summed E-state index contributed by atoms with van der Waals surface area (Å²) in [5.41, 5.74) is 2.10. The van der Waals surface area contributed by atoms with E-state index in [2.05, 4.69) is 49.1 Å². The molecule has 0 unspecified atom stereocenters. The minimum atomic E-state index is 0.692. The highest BCUT2D eigenvalue weighted by atomic mass is 32.2. The first-order valence-corrected chi connectivity index (χ1v) is 8.81. The number of nitrogens with zero attached hydrogens (tertiary/aromatic N) is 5. The summed E-state index contributed by atoms with van der Waals surface area (Å²) < 4.78 is 4.31. The second kappa shape index (κ2) is 6.73. The van der Waals surface area contributed by atoms with Crippen molar-refractivity contribution in [2.45, 2.75) is 18.4 Å². The van der Waals surface area contributed by atoms with Crippen molar-refractivity contribution in [1.29, 1.82) is 0 Å². The highest BCUT2D eigenvalue weighted by Crippen LogP contribution is 2.28. The van der Waals surface area contributed by atoms with Crippen LogP contribution in [0.15, 0.2) is 52.6 Å². The summed E-state index contributed by atoms with van der Waals surface area (Å²) in [6, 6.07) is 10.3. The number of aliphatic imine (C=N–C) groups is 1. The van der Waals surface area contributed by atoms with Crippen molar-refractivity contribution < 1.29 is 0 Å². The summed E-state index contributed by atoms with van der Waals surface area (Å²) in [5.74, 6) is 2.60. The van der Waals surface area contributed by atoms with Gasteiger partial charge in [-0.2, -0.15) is 5.10 Å². The second-order valence-corrected chi connectivity index (χ2v) is 6.98. The third-order valence-electron chi connectivity index (χ3n) is 3.94. The maximum atomic E-state index is 4.70. The SMILES string of the molecule is CNc1ccc(SN2CC(=Nc3cc(C)[nH]n3)n3ccnc3C2)cc1. The van der Waals surface area contributed by atoms with Crippen LogP contribution in [0.1, 0.15) is 11.5 Å². The minimum absolute atomic E-state index is 0.692. The molecule has 0 atom stereocenters. The Kier molecular flexibility index (Phi) is 4.29. The van der Waals surface area contributed by atoms with Crippen molar-refractivity contribution in [2.75, 3.05) is 18.9 Å². The number of aromatic nitrogens is 4. The van der Waals surface area contributed by atoms with Crippen LogP contribution in [0.4, 0.5) is 11.5 Å². The molecule has 0 aliphatic carbocycles. The molecular weight excluding hydrogens is 334 g/mol. The van der Waals surface area contributed by atoms with Crippen molar-refractivity contribution >= 4 is 29.3 Å². The Labute approximate surface area is 150 Å². The molecule has 25 heavy (non-hydrogen) atoms. The Balaban J connectivity index is 1.58. The molecule has 3 heterocycles. The van der Waals surface area contributed by atoms with E-state index in [0.29, 0.717) is 12.4 Å². The lowest BCUT2D eigenvalue weighted by Gasteiger charge is -2.27. The van der Waals surface area contributed by atoms with Crippen LogP contribution < -0.4 is 5.32 Å². The molecular formula is C17H19N7S. The van der Waals surface area contributed by atoms with Crippen LogP contribution >= 0.6 is 11.9 Å². The van der Waals surface area contributed by atoms with E-state index in [0.717, 1.165) is 29.6 Å². The van der Waals surface area contributed by atoms with Crippen LogP contribution in [0.5, 0.6) is 0 Å². The van der Waals surface area contributed by atoms with E-state index in [1.54, 1.807) is 11.9 Å². The number of anilines is 1. The van der Waals surface area contributed by atoms with Gasteiger partial charge in [-0.15, -0.1) is 0 Å². The van der Waals surface area contributed by atoms with Crippen LogP contribution in [-0.4, -0.2) is 43.5 Å². The van der Waals surface area contributed by atoms with Gasteiger partial charge in [-0.1, -0.05) is 0 Å². The fraction of sp³-hybridized carbons (Fsp3) is 0.235. The van der Waals surface area contributed by atoms with Gasteiger partial charge in [-0.05, 0) is 43.1 Å². The average molecular weight is 353 g/mol. The first kappa shape index (κ1) is 15.9. The minimum Gasteiger partial charge on any atom is -0.388 e. The van der Waals surface area contributed by atoms with E-state index in [-0.39, 0.29) is 0 Å². The number of aromatic amines is 1. The molecule has 2 aromatic heterocycles. The largest absolute Gasteiger partial charge is 0.388 e. The van der Waals surface area contributed by atoms with Gasteiger partial charge in [0.2, 0.25) is 0 Å². The summed E-state index contributed by atoms with van der Waals surface area (Å²) in [6.45, 7) is 3.45. The Hall–Kier alpha value is -2.58. The Morgan fingerprint density at radius 2 is 2.08 bits per heavy atom. The molecule has 0 radical (unpaired) electrons. The zero-order valence-electron chi connectivity index (χ0n) is 14.1. The van der Waals surface area contributed by atoms with Gasteiger partial charge in [0, 0.05) is 41.8 Å². The second-order valence-electron chi connectivity index (χ2n) is 5.81. The Morgan fingerprint density at radius 1 is 1.24 bits per heavy atom. The number of imidazole rings is 1. The molecule has 0 fully saturated rings. The first-order valence-electron chi connectivity index (χ1n) is 8.04. The van der Waals surface area contributed by atoms with Gasteiger partial charge in [0.15, 0.2) is 5.82 Å². The molecule has 1 aliphatic rings. The molecule has 4 rings (SSSR count). The maximum Gasteiger partial charge on any atom is 0.175 e. The molecule has 0 saturated carbocycles. The quantitative estimate of drug-likeness (QED) is 0.705. The number of benzene rings is 1. The number of H-pyrrole nitrogens is 1. The van der Waals surface area contributed by atoms with Crippen LogP contribution in [0.3, 0.4) is 0 Å². The fourth-order valence-corrected chi connectivity index (χ4v) is 3.63. The fourth-order valence-electron chi connectivity index (χ4n) is 2.71. The van der Waals surface area contributed by atoms with Crippen molar-refractivity contribution in [3.05, 3.63) is 54.2 Å². The van der Waals surface area contributed by atoms with Crippen molar-refractivity contribution in [1.82, 2.24) is 24.1 Å². The van der Waals surface area contributed by atoms with Gasteiger partial charge in [0.1, 0.15) is 11.7 Å². The summed E-state index contributed by atoms with van der Waals surface area (Å²) >= 11 is 1.71. The Bertz CT molecular complexity index is 894. The molecule has 0 saturated heterocycles. The van der Waals surface area contributed by atoms with E-state index in [4.69, 9.17) is 4.99 Å². The van der Waals surface area contributed by atoms with Crippen LogP contribution in [-0.2, 0) is 6.54 Å². The smallest absolute Gasteiger partial charge is 0.175 e. The third-order valence-corrected chi connectivity index (χ3v) is 4.94. The lowest BCUT2D eigenvalue weighted by Crippen LogP contribution is -2.35. The van der Waals surface area contributed by atoms with E-state index in [1.807, 2.05) is 37.0 Å². The average Bonchev–Trinajstić information content (AvgIpc) is 3.24. The first-order chi connectivity index (χ1) is 12.2. The van der Waals surface area contributed by atoms with E-state index in [9.17, 15) is 0 Å². The zero-order valence-corrected chi connectivity index (χ0v) is 14.9. The summed E-state index contributed by atoms with van der Waals surface area (Å²) in [7, 11) is 1.92. The van der Waals surface area contributed by atoms with Gasteiger partial charge in [-0.3, -0.25) is 9.67 Å². The highest BCUT2D eigenvalue weighted by molar-refractivity contribution is 7.97. The van der Waals surface area contributed by atoms with Gasteiger partial charge >= 0.3 is 0 Å². The Morgan fingerprint density at radius 3 is 2.80 bits per heavy atom. The van der Waals surface area contributed by atoms with Crippen molar-refractivity contribution in [3.8, 4) is 0 Å². The third kappa shape index (κ3) is 3.45. The molecule has 1 aromatic carbocycles. The summed E-state index contributed by atoms with van der Waals surface area (Å²) in [6.07, 6.45) is 3.77. The lowest BCUT2D eigenvalue weighted by molar-refractivity contribution is 0.479. The number of rotatable bonds is 4.